The van der Waals surface area contributed by atoms with E-state index in [1.165, 1.54) is 20.4 Å². The van der Waals surface area contributed by atoms with Crippen molar-refractivity contribution in [1.29, 1.82) is 0 Å². The van der Waals surface area contributed by atoms with Gasteiger partial charge in [0.15, 0.2) is 0 Å². The Morgan fingerprint density at radius 2 is 1.95 bits per heavy atom. The summed E-state index contributed by atoms with van der Waals surface area (Å²) < 4.78 is 9.93. The third kappa shape index (κ3) is 2.46. The van der Waals surface area contributed by atoms with Crippen molar-refractivity contribution in [2.24, 2.45) is 0 Å². The van der Waals surface area contributed by atoms with Crippen molar-refractivity contribution in [2.45, 2.75) is 0 Å². The molecule has 1 aromatic heterocycles. The van der Waals surface area contributed by atoms with Gasteiger partial charge in [0.05, 0.1) is 19.8 Å². The summed E-state index contributed by atoms with van der Waals surface area (Å²) in [4.78, 5) is 19.3. The zero-order valence-electron chi connectivity index (χ0n) is 11.1. The zero-order valence-corrected chi connectivity index (χ0v) is 11.1. The second-order valence-electron chi connectivity index (χ2n) is 3.93. The number of hydrogen-bond donors (Lipinski definition) is 2. The summed E-state index contributed by atoms with van der Waals surface area (Å²) in [6.07, 6.45) is 1.51. The molecule has 0 bridgehead atoms. The highest BCUT2D eigenvalue weighted by molar-refractivity contribution is 5.91. The molecule has 1 heterocycles. The number of carbonyl (C=O) groups is 1. The summed E-state index contributed by atoms with van der Waals surface area (Å²) in [5.74, 6) is 0.349. The van der Waals surface area contributed by atoms with E-state index < -0.39 is 5.97 Å². The minimum absolute atomic E-state index is 0.0939. The lowest BCUT2D eigenvalue weighted by Gasteiger charge is -2.11. The Morgan fingerprint density at radius 3 is 2.55 bits per heavy atom. The first-order valence-electron chi connectivity index (χ1n) is 5.71. The average Bonchev–Trinajstić information content (AvgIpc) is 2.46. The fourth-order valence-electron chi connectivity index (χ4n) is 1.78. The molecule has 20 heavy (non-hydrogen) atoms. The molecule has 0 amide bonds. The van der Waals surface area contributed by atoms with Crippen molar-refractivity contribution in [3.8, 4) is 16.9 Å². The van der Waals surface area contributed by atoms with Crippen molar-refractivity contribution in [2.75, 3.05) is 25.7 Å². The number of aromatic nitrogens is 2. The van der Waals surface area contributed by atoms with Crippen LogP contribution in [-0.4, -0.2) is 30.2 Å². The monoisotopic (exact) mass is 274 g/mol. The standard InChI is InChI=1S/C13H14N4O3/c1-19-10-5-7(12(18)20-2)3-4-8(10)9-6-16-13(15)17-11(9)14/h3-6H,1-2H3,(H4,14,15,16,17). The Labute approximate surface area is 115 Å². The molecular weight excluding hydrogens is 260 g/mol. The van der Waals surface area contributed by atoms with Gasteiger partial charge in [-0.25, -0.2) is 9.78 Å². The molecule has 0 aliphatic carbocycles. The Bertz CT molecular complexity index is 658. The van der Waals surface area contributed by atoms with E-state index in [2.05, 4.69) is 14.7 Å². The molecule has 1 aromatic carbocycles. The third-order valence-electron chi connectivity index (χ3n) is 2.75. The number of nitrogens with two attached hydrogens (primary N) is 2. The number of carbonyl (C=O) groups excluding carboxylic acids is 1. The van der Waals surface area contributed by atoms with E-state index >= 15 is 0 Å². The molecule has 0 saturated carbocycles. The first kappa shape index (κ1) is 13.6. The van der Waals surface area contributed by atoms with E-state index in [9.17, 15) is 4.79 Å². The van der Waals surface area contributed by atoms with Crippen LogP contribution in [0.2, 0.25) is 0 Å². The average molecular weight is 274 g/mol. The number of hydrogen-bond acceptors (Lipinski definition) is 7. The molecule has 2 rings (SSSR count). The van der Waals surface area contributed by atoms with E-state index in [-0.39, 0.29) is 11.8 Å². The second kappa shape index (κ2) is 5.43. The molecule has 0 radical (unpaired) electrons. The van der Waals surface area contributed by atoms with Crippen LogP contribution in [0.15, 0.2) is 24.4 Å². The lowest BCUT2D eigenvalue weighted by atomic mass is 10.0. The Morgan fingerprint density at radius 1 is 1.20 bits per heavy atom. The summed E-state index contributed by atoms with van der Waals surface area (Å²) in [7, 11) is 2.81. The normalized spacial score (nSPS) is 10.1. The molecule has 7 nitrogen and oxygen atoms in total. The predicted molar refractivity (Wildman–Crippen MR) is 74.2 cm³/mol. The lowest BCUT2D eigenvalue weighted by molar-refractivity contribution is 0.0600. The van der Waals surface area contributed by atoms with Crippen LogP contribution in [0.1, 0.15) is 10.4 Å². The largest absolute Gasteiger partial charge is 0.496 e. The number of rotatable bonds is 3. The molecule has 2 aromatic rings. The molecule has 0 fully saturated rings. The molecule has 0 atom stereocenters. The third-order valence-corrected chi connectivity index (χ3v) is 2.75. The van der Waals surface area contributed by atoms with Crippen LogP contribution in [0.3, 0.4) is 0 Å². The van der Waals surface area contributed by atoms with Gasteiger partial charge < -0.3 is 20.9 Å². The quantitative estimate of drug-likeness (QED) is 0.805. The number of anilines is 2. The van der Waals surface area contributed by atoms with Crippen molar-refractivity contribution in [3.05, 3.63) is 30.0 Å². The summed E-state index contributed by atoms with van der Waals surface area (Å²) >= 11 is 0. The van der Waals surface area contributed by atoms with Crippen LogP contribution < -0.4 is 16.2 Å². The van der Waals surface area contributed by atoms with Crippen LogP contribution in [0, 0.1) is 0 Å². The van der Waals surface area contributed by atoms with Gasteiger partial charge in [-0.2, -0.15) is 4.98 Å². The van der Waals surface area contributed by atoms with E-state index in [1.807, 2.05) is 0 Å². The number of methoxy groups -OCH3 is 2. The van der Waals surface area contributed by atoms with Gasteiger partial charge in [0.25, 0.3) is 0 Å². The maximum atomic E-state index is 11.5. The van der Waals surface area contributed by atoms with Crippen LogP contribution >= 0.6 is 0 Å². The number of nitrogens with zero attached hydrogens (tertiary/aromatic N) is 2. The summed E-state index contributed by atoms with van der Waals surface area (Å²) in [5, 5.41) is 0. The molecule has 4 N–H and O–H groups in total. The maximum Gasteiger partial charge on any atom is 0.337 e. The Kier molecular flexibility index (Phi) is 3.69. The molecule has 0 saturated heterocycles. The Hall–Kier alpha value is -2.83. The van der Waals surface area contributed by atoms with Crippen LogP contribution in [0.25, 0.3) is 11.1 Å². The molecule has 7 heteroatoms. The lowest BCUT2D eigenvalue weighted by Crippen LogP contribution is -2.04. The van der Waals surface area contributed by atoms with Gasteiger partial charge in [0.1, 0.15) is 11.6 Å². The van der Waals surface area contributed by atoms with Crippen molar-refractivity contribution >= 4 is 17.7 Å². The highest BCUT2D eigenvalue weighted by Gasteiger charge is 2.14. The van der Waals surface area contributed by atoms with Crippen LogP contribution in [0.5, 0.6) is 5.75 Å². The van der Waals surface area contributed by atoms with E-state index in [1.54, 1.807) is 18.2 Å². The number of benzene rings is 1. The predicted octanol–water partition coefficient (Wildman–Crippen LogP) is 1.10. The molecule has 104 valence electrons. The fourth-order valence-corrected chi connectivity index (χ4v) is 1.78. The SMILES string of the molecule is COC(=O)c1ccc(-c2cnc(N)nc2N)c(OC)c1. The first-order chi connectivity index (χ1) is 9.56. The summed E-state index contributed by atoms with van der Waals surface area (Å²) in [6.45, 7) is 0. The van der Waals surface area contributed by atoms with Crippen molar-refractivity contribution in [3.63, 3.8) is 0 Å². The molecule has 0 unspecified atom stereocenters. The molecular formula is C13H14N4O3. The van der Waals surface area contributed by atoms with Gasteiger partial charge in [0.2, 0.25) is 5.95 Å². The maximum absolute atomic E-state index is 11.5. The number of esters is 1. The smallest absolute Gasteiger partial charge is 0.337 e. The van der Waals surface area contributed by atoms with Crippen LogP contribution in [0.4, 0.5) is 11.8 Å². The minimum atomic E-state index is -0.448. The van der Waals surface area contributed by atoms with E-state index in [4.69, 9.17) is 16.2 Å². The van der Waals surface area contributed by atoms with E-state index in [0.717, 1.165) is 0 Å². The van der Waals surface area contributed by atoms with Crippen molar-refractivity contribution in [1.82, 2.24) is 9.97 Å². The molecule has 0 aliphatic rings. The highest BCUT2D eigenvalue weighted by atomic mass is 16.5. The number of ether oxygens (including phenoxy) is 2. The van der Waals surface area contributed by atoms with Gasteiger partial charge in [-0.1, -0.05) is 0 Å². The topological polar surface area (TPSA) is 113 Å². The van der Waals surface area contributed by atoms with Gasteiger partial charge >= 0.3 is 5.97 Å². The van der Waals surface area contributed by atoms with Gasteiger partial charge in [-0.05, 0) is 18.2 Å². The van der Waals surface area contributed by atoms with Gasteiger partial charge in [-0.15, -0.1) is 0 Å². The molecule has 0 spiro atoms. The minimum Gasteiger partial charge on any atom is -0.496 e. The van der Waals surface area contributed by atoms with Crippen LogP contribution in [-0.2, 0) is 4.74 Å². The van der Waals surface area contributed by atoms with E-state index in [0.29, 0.717) is 22.4 Å². The second-order valence-corrected chi connectivity index (χ2v) is 3.93. The Balaban J connectivity index is 2.54. The zero-order chi connectivity index (χ0) is 14.7. The number of nitrogen functional groups attached to an aromatic ring is 2. The van der Waals surface area contributed by atoms with Gasteiger partial charge in [-0.3, -0.25) is 0 Å². The molecule has 0 aliphatic heterocycles. The summed E-state index contributed by atoms with van der Waals surface area (Å²) in [6, 6.07) is 4.87. The first-order valence-corrected chi connectivity index (χ1v) is 5.71. The summed E-state index contributed by atoms with van der Waals surface area (Å²) in [5.41, 5.74) is 12.9. The van der Waals surface area contributed by atoms with Gasteiger partial charge in [0, 0.05) is 17.3 Å². The highest BCUT2D eigenvalue weighted by Crippen LogP contribution is 2.33. The van der Waals surface area contributed by atoms with Crippen molar-refractivity contribution < 1.29 is 14.3 Å². The fraction of sp³-hybridized carbons (Fsp3) is 0.154.